The maximum absolute atomic E-state index is 14.2. The van der Waals surface area contributed by atoms with E-state index in [1.54, 1.807) is 4.31 Å². The van der Waals surface area contributed by atoms with Crippen molar-refractivity contribution in [2.75, 3.05) is 56.9 Å². The van der Waals surface area contributed by atoms with Crippen molar-refractivity contribution in [2.45, 2.75) is 58.7 Å². The van der Waals surface area contributed by atoms with Gasteiger partial charge in [-0.25, -0.2) is 13.4 Å². The van der Waals surface area contributed by atoms with E-state index < -0.39 is 10.0 Å². The molecule has 1 aromatic heterocycles. The topological polar surface area (TPSA) is 122 Å². The van der Waals surface area contributed by atoms with Crippen molar-refractivity contribution in [3.8, 4) is 22.4 Å². The first kappa shape index (κ1) is 41.0. The molecule has 58 heavy (non-hydrogen) atoms. The van der Waals surface area contributed by atoms with Crippen molar-refractivity contribution >= 4 is 27.5 Å². The Kier molecular flexibility index (Phi) is 13.2. The van der Waals surface area contributed by atoms with E-state index in [0.717, 1.165) is 71.8 Å². The number of sulfonamides is 1. The number of nitrogens with one attached hydrogen (secondary N) is 2. The van der Waals surface area contributed by atoms with Crippen LogP contribution in [-0.4, -0.2) is 101 Å². The summed E-state index contributed by atoms with van der Waals surface area (Å²) in [6.07, 6.45) is 4.29. The highest BCUT2D eigenvalue weighted by Gasteiger charge is 2.38. The number of aromatic amines is 1. The number of aromatic nitrogens is 2. The Morgan fingerprint density at radius 3 is 2.09 bits per heavy atom. The first-order valence-electron chi connectivity index (χ1n) is 20.6. The van der Waals surface area contributed by atoms with Gasteiger partial charge in [0.25, 0.3) is 5.91 Å². The van der Waals surface area contributed by atoms with E-state index in [1.807, 2.05) is 96.9 Å². The third kappa shape index (κ3) is 9.42. The number of hydrogen-bond donors (Lipinski definition) is 2. The molecule has 2 fully saturated rings. The summed E-state index contributed by atoms with van der Waals surface area (Å²) in [6.45, 7) is 11.6. The quantitative estimate of drug-likeness (QED) is 0.112. The molecule has 12 heteroatoms. The third-order valence-corrected chi connectivity index (χ3v) is 13.5. The van der Waals surface area contributed by atoms with Crippen LogP contribution in [0.2, 0.25) is 0 Å². The number of piperazine rings is 1. The molecule has 0 unspecified atom stereocenters. The number of H-pyrrole nitrogens is 1. The highest BCUT2D eigenvalue weighted by Crippen LogP contribution is 2.36. The van der Waals surface area contributed by atoms with Crippen LogP contribution >= 0.6 is 0 Å². The van der Waals surface area contributed by atoms with Gasteiger partial charge < -0.3 is 15.2 Å². The minimum atomic E-state index is -3.16. The SMILES string of the molecule is CCCS(=O)(=O)N1CCN(Cc2ccc(NC(=O)c3ccc(-c4ccc(-c5cnc([C@@H]6CCCN6C(=O)[C@@H](c6ccccc6)N(CC)CC)[nH]5)cc4)cc3)cc2)CC1. The fourth-order valence-corrected chi connectivity index (χ4v) is 9.72. The zero-order valence-electron chi connectivity index (χ0n) is 33.8. The lowest BCUT2D eigenvalue weighted by atomic mass is 10.0. The molecule has 3 heterocycles. The Morgan fingerprint density at radius 2 is 1.45 bits per heavy atom. The predicted molar refractivity (Wildman–Crippen MR) is 231 cm³/mol. The fraction of sp³-hybridized carbons (Fsp3) is 0.370. The summed E-state index contributed by atoms with van der Waals surface area (Å²) in [5, 5.41) is 3.00. The Hall–Kier alpha value is -5.14. The molecule has 2 aliphatic heterocycles. The van der Waals surface area contributed by atoms with Gasteiger partial charge in [0.1, 0.15) is 11.9 Å². The molecule has 2 saturated heterocycles. The summed E-state index contributed by atoms with van der Waals surface area (Å²) in [6, 6.07) is 33.4. The van der Waals surface area contributed by atoms with Crippen LogP contribution in [0.5, 0.6) is 0 Å². The van der Waals surface area contributed by atoms with Crippen LogP contribution in [0.4, 0.5) is 5.69 Å². The maximum Gasteiger partial charge on any atom is 0.255 e. The molecule has 2 aliphatic rings. The standard InChI is InChI=1S/C46H55N7O4S/c1-4-31-58(56,57)52-29-27-50(28-30-52)33-34-14-24-40(25-15-34)48-45(54)39-22-18-36(19-23-39)35-16-20-37(21-17-35)41-32-47-44(49-41)42-13-10-26-53(42)46(55)43(51(5-2)6-3)38-11-8-7-9-12-38/h7-9,11-12,14-25,32,42-43H,4-6,10,13,26-31,33H2,1-3H3,(H,47,49)(H,48,54)/t42-,43+/m0/s1. The average Bonchev–Trinajstić information content (AvgIpc) is 3.95. The lowest BCUT2D eigenvalue weighted by Gasteiger charge is -2.34. The van der Waals surface area contributed by atoms with Gasteiger partial charge in [-0.1, -0.05) is 99.6 Å². The smallest absolute Gasteiger partial charge is 0.255 e. The molecule has 4 aromatic carbocycles. The van der Waals surface area contributed by atoms with E-state index in [1.165, 1.54) is 0 Å². The zero-order valence-corrected chi connectivity index (χ0v) is 34.6. The number of imidazole rings is 1. The first-order chi connectivity index (χ1) is 28.2. The van der Waals surface area contributed by atoms with Crippen LogP contribution in [0, 0.1) is 0 Å². The number of nitrogens with zero attached hydrogens (tertiary/aromatic N) is 5. The Balaban J connectivity index is 0.934. The molecule has 2 N–H and O–H groups in total. The van der Waals surface area contributed by atoms with Crippen molar-refractivity contribution in [1.82, 2.24) is 29.0 Å². The fourth-order valence-electron chi connectivity index (χ4n) is 8.22. The number of likely N-dealkylation sites (N-methyl/N-ethyl adjacent to an activating group) is 1. The number of carbonyl (C=O) groups excluding carboxylic acids is 2. The molecule has 304 valence electrons. The number of benzene rings is 4. The van der Waals surface area contributed by atoms with E-state index >= 15 is 0 Å². The van der Waals surface area contributed by atoms with Crippen LogP contribution in [0.3, 0.4) is 0 Å². The monoisotopic (exact) mass is 801 g/mol. The van der Waals surface area contributed by atoms with Crippen molar-refractivity contribution < 1.29 is 18.0 Å². The molecule has 0 spiro atoms. The molecule has 2 atom stereocenters. The normalized spacial score (nSPS) is 17.1. The molecule has 7 rings (SSSR count). The summed E-state index contributed by atoms with van der Waals surface area (Å²) >= 11 is 0. The summed E-state index contributed by atoms with van der Waals surface area (Å²) in [4.78, 5) is 42.1. The number of carbonyl (C=O) groups is 2. The Bertz CT molecular complexity index is 2230. The highest BCUT2D eigenvalue weighted by atomic mass is 32.2. The molecule has 11 nitrogen and oxygen atoms in total. The van der Waals surface area contributed by atoms with Gasteiger partial charge in [-0.15, -0.1) is 0 Å². The van der Waals surface area contributed by atoms with Crippen LogP contribution < -0.4 is 5.32 Å². The summed E-state index contributed by atoms with van der Waals surface area (Å²) < 4.78 is 26.4. The summed E-state index contributed by atoms with van der Waals surface area (Å²) in [5.74, 6) is 0.961. The van der Waals surface area contributed by atoms with Gasteiger partial charge >= 0.3 is 0 Å². The number of amides is 2. The minimum absolute atomic E-state index is 0.101. The van der Waals surface area contributed by atoms with E-state index in [0.29, 0.717) is 50.4 Å². The molecule has 0 radical (unpaired) electrons. The summed E-state index contributed by atoms with van der Waals surface area (Å²) in [5.41, 5.74) is 7.36. The van der Waals surface area contributed by atoms with Crippen molar-refractivity contribution in [3.05, 3.63) is 132 Å². The maximum atomic E-state index is 14.2. The third-order valence-electron chi connectivity index (χ3n) is 11.5. The van der Waals surface area contributed by atoms with Crippen LogP contribution in [0.25, 0.3) is 22.4 Å². The Morgan fingerprint density at radius 1 is 0.810 bits per heavy atom. The molecular formula is C46H55N7O4S. The molecule has 0 aliphatic carbocycles. The van der Waals surface area contributed by atoms with Crippen molar-refractivity contribution in [3.63, 3.8) is 0 Å². The lowest BCUT2D eigenvalue weighted by molar-refractivity contribution is -0.138. The van der Waals surface area contributed by atoms with Gasteiger partial charge in [-0.2, -0.15) is 4.31 Å². The molecule has 5 aromatic rings. The molecule has 0 saturated carbocycles. The van der Waals surface area contributed by atoms with Gasteiger partial charge in [0.05, 0.1) is 23.7 Å². The highest BCUT2D eigenvalue weighted by molar-refractivity contribution is 7.89. The van der Waals surface area contributed by atoms with E-state index in [4.69, 9.17) is 4.98 Å². The van der Waals surface area contributed by atoms with Crippen LogP contribution in [0.15, 0.2) is 109 Å². The number of hydrogen-bond acceptors (Lipinski definition) is 7. The number of anilines is 1. The molecular weight excluding hydrogens is 747 g/mol. The lowest BCUT2D eigenvalue weighted by Crippen LogP contribution is -2.48. The number of likely N-dealkylation sites (tertiary alicyclic amines) is 1. The average molecular weight is 802 g/mol. The second kappa shape index (κ2) is 18.6. The van der Waals surface area contributed by atoms with Gasteiger partial charge in [0, 0.05) is 50.5 Å². The number of rotatable bonds is 15. The second-order valence-corrected chi connectivity index (χ2v) is 17.3. The van der Waals surface area contributed by atoms with E-state index in [2.05, 4.69) is 58.2 Å². The predicted octanol–water partition coefficient (Wildman–Crippen LogP) is 7.60. The molecule has 0 bridgehead atoms. The van der Waals surface area contributed by atoms with Crippen molar-refractivity contribution in [2.24, 2.45) is 0 Å². The zero-order chi connectivity index (χ0) is 40.6. The first-order valence-corrected chi connectivity index (χ1v) is 22.2. The van der Waals surface area contributed by atoms with Gasteiger partial charge in [0.15, 0.2) is 0 Å². The van der Waals surface area contributed by atoms with Gasteiger partial charge in [-0.3, -0.25) is 19.4 Å². The molecule has 2 amide bonds. The van der Waals surface area contributed by atoms with Gasteiger partial charge in [-0.05, 0) is 84.4 Å². The largest absolute Gasteiger partial charge is 0.340 e. The Labute approximate surface area is 343 Å². The van der Waals surface area contributed by atoms with E-state index in [-0.39, 0.29) is 29.7 Å². The summed E-state index contributed by atoms with van der Waals surface area (Å²) in [7, 11) is -3.16. The van der Waals surface area contributed by atoms with Gasteiger partial charge in [0.2, 0.25) is 15.9 Å². The second-order valence-electron chi connectivity index (χ2n) is 15.2. The van der Waals surface area contributed by atoms with Crippen LogP contribution in [0.1, 0.15) is 79.4 Å². The minimum Gasteiger partial charge on any atom is -0.340 e. The van der Waals surface area contributed by atoms with Crippen molar-refractivity contribution in [1.29, 1.82) is 0 Å². The van der Waals surface area contributed by atoms with Crippen LogP contribution in [-0.2, 0) is 21.4 Å². The van der Waals surface area contributed by atoms with E-state index in [9.17, 15) is 18.0 Å².